The van der Waals surface area contributed by atoms with E-state index in [1.165, 1.54) is 4.68 Å². The number of halogens is 1. The van der Waals surface area contributed by atoms with Gasteiger partial charge in [0.1, 0.15) is 10.2 Å². The Balaban J connectivity index is 2.19. The molecule has 20 heavy (non-hydrogen) atoms. The van der Waals surface area contributed by atoms with E-state index < -0.39 is 0 Å². The summed E-state index contributed by atoms with van der Waals surface area (Å²) < 4.78 is 7.05. The number of aromatic nitrogens is 3. The van der Waals surface area contributed by atoms with Crippen molar-refractivity contribution in [3.63, 3.8) is 0 Å². The number of nitrogens with one attached hydrogen (secondary N) is 1. The zero-order chi connectivity index (χ0) is 14.7. The van der Waals surface area contributed by atoms with Crippen molar-refractivity contribution in [1.82, 2.24) is 14.9 Å². The minimum absolute atomic E-state index is 0.129. The monoisotopic (exact) mass is 340 g/mol. The largest absolute Gasteiger partial charge is 0.378 e. The standard InChI is InChI=1S/C13H17BrN4O2/c1-4-5-18-13(19)12(14)11(7-16-18)15-6-10-8(2)17-20-9(10)3/h7,15H,4-6H2,1-3H3. The highest BCUT2D eigenvalue weighted by Gasteiger charge is 2.11. The van der Waals surface area contributed by atoms with Gasteiger partial charge in [-0.3, -0.25) is 4.79 Å². The highest BCUT2D eigenvalue weighted by Crippen LogP contribution is 2.19. The summed E-state index contributed by atoms with van der Waals surface area (Å²) in [4.78, 5) is 12.1. The summed E-state index contributed by atoms with van der Waals surface area (Å²) in [6, 6.07) is 0. The van der Waals surface area contributed by atoms with Gasteiger partial charge >= 0.3 is 0 Å². The van der Waals surface area contributed by atoms with Crippen LogP contribution < -0.4 is 10.9 Å². The Morgan fingerprint density at radius 1 is 1.45 bits per heavy atom. The van der Waals surface area contributed by atoms with Crippen LogP contribution >= 0.6 is 15.9 Å². The maximum Gasteiger partial charge on any atom is 0.283 e. The molecule has 0 aromatic carbocycles. The van der Waals surface area contributed by atoms with E-state index in [0.29, 0.717) is 23.2 Å². The molecule has 2 heterocycles. The quantitative estimate of drug-likeness (QED) is 0.905. The van der Waals surface area contributed by atoms with E-state index in [1.807, 2.05) is 20.8 Å². The Morgan fingerprint density at radius 3 is 2.80 bits per heavy atom. The van der Waals surface area contributed by atoms with Gasteiger partial charge in [0.05, 0.1) is 17.6 Å². The van der Waals surface area contributed by atoms with E-state index in [4.69, 9.17) is 4.52 Å². The molecule has 0 unspecified atom stereocenters. The maximum absolute atomic E-state index is 12.1. The van der Waals surface area contributed by atoms with Crippen molar-refractivity contribution in [2.75, 3.05) is 5.32 Å². The van der Waals surface area contributed by atoms with Gasteiger partial charge in [0.2, 0.25) is 0 Å². The van der Waals surface area contributed by atoms with Crippen molar-refractivity contribution in [2.24, 2.45) is 0 Å². The second-order valence-electron chi connectivity index (χ2n) is 4.56. The summed E-state index contributed by atoms with van der Waals surface area (Å²) in [6.45, 7) is 6.91. The van der Waals surface area contributed by atoms with Crippen LogP contribution in [0.4, 0.5) is 5.69 Å². The molecule has 1 N–H and O–H groups in total. The Labute approximate surface area is 125 Å². The molecular weight excluding hydrogens is 324 g/mol. The second-order valence-corrected chi connectivity index (χ2v) is 5.35. The number of anilines is 1. The van der Waals surface area contributed by atoms with E-state index in [1.54, 1.807) is 6.20 Å². The summed E-state index contributed by atoms with van der Waals surface area (Å²) in [6.07, 6.45) is 2.52. The van der Waals surface area contributed by atoms with Crippen molar-refractivity contribution in [3.05, 3.63) is 38.0 Å². The number of hydrogen-bond acceptors (Lipinski definition) is 5. The lowest BCUT2D eigenvalue weighted by Crippen LogP contribution is -2.24. The minimum atomic E-state index is -0.129. The Hall–Kier alpha value is -1.63. The Kier molecular flexibility index (Phi) is 4.59. The average molecular weight is 341 g/mol. The molecule has 2 aromatic heterocycles. The van der Waals surface area contributed by atoms with Crippen LogP contribution in [-0.4, -0.2) is 14.9 Å². The number of nitrogens with zero attached hydrogens (tertiary/aromatic N) is 3. The van der Waals surface area contributed by atoms with Gasteiger partial charge in [-0.1, -0.05) is 12.1 Å². The molecule has 6 nitrogen and oxygen atoms in total. The van der Waals surface area contributed by atoms with Crippen molar-refractivity contribution < 1.29 is 4.52 Å². The molecule has 7 heteroatoms. The minimum Gasteiger partial charge on any atom is -0.378 e. The topological polar surface area (TPSA) is 73.0 Å². The Morgan fingerprint density at radius 2 is 2.20 bits per heavy atom. The van der Waals surface area contributed by atoms with E-state index in [-0.39, 0.29) is 5.56 Å². The molecule has 2 aromatic rings. The predicted molar refractivity (Wildman–Crippen MR) is 79.8 cm³/mol. The van der Waals surface area contributed by atoms with Crippen molar-refractivity contribution >= 4 is 21.6 Å². The average Bonchev–Trinajstić information content (AvgIpc) is 2.74. The predicted octanol–water partition coefficient (Wildman–Crippen LogP) is 2.63. The van der Waals surface area contributed by atoms with E-state index in [9.17, 15) is 4.79 Å². The van der Waals surface area contributed by atoms with Crippen LogP contribution in [0.15, 0.2) is 20.0 Å². The van der Waals surface area contributed by atoms with Crippen LogP contribution in [0, 0.1) is 13.8 Å². The fourth-order valence-corrected chi connectivity index (χ4v) is 2.34. The van der Waals surface area contributed by atoms with Crippen LogP contribution in [0.25, 0.3) is 0 Å². The zero-order valence-corrected chi connectivity index (χ0v) is 13.3. The lowest BCUT2D eigenvalue weighted by atomic mass is 10.2. The number of rotatable bonds is 5. The lowest BCUT2D eigenvalue weighted by molar-refractivity contribution is 0.392. The van der Waals surface area contributed by atoms with E-state index >= 15 is 0 Å². The first-order chi connectivity index (χ1) is 9.54. The van der Waals surface area contributed by atoms with Gasteiger partial charge in [0.25, 0.3) is 5.56 Å². The molecule has 2 rings (SSSR count). The first-order valence-corrected chi connectivity index (χ1v) is 7.25. The fourth-order valence-electron chi connectivity index (χ4n) is 1.90. The highest BCUT2D eigenvalue weighted by atomic mass is 79.9. The summed E-state index contributed by atoms with van der Waals surface area (Å²) in [5.74, 6) is 0.776. The molecule has 0 fully saturated rings. The van der Waals surface area contributed by atoms with Crippen molar-refractivity contribution in [3.8, 4) is 0 Å². The number of aryl methyl sites for hydroxylation is 3. The SMILES string of the molecule is CCCn1ncc(NCc2c(C)noc2C)c(Br)c1=O. The van der Waals surface area contributed by atoms with Crippen LogP contribution in [-0.2, 0) is 13.1 Å². The fraction of sp³-hybridized carbons (Fsp3) is 0.462. The van der Waals surface area contributed by atoms with Gasteiger partial charge in [-0.2, -0.15) is 5.10 Å². The molecule has 0 spiro atoms. The van der Waals surface area contributed by atoms with E-state index in [0.717, 1.165) is 23.4 Å². The molecule has 0 aliphatic rings. The molecule has 0 aliphatic carbocycles. The molecule has 0 saturated heterocycles. The third-order valence-electron chi connectivity index (χ3n) is 3.06. The summed E-state index contributed by atoms with van der Waals surface area (Å²) in [5, 5.41) is 11.2. The molecule has 0 atom stereocenters. The third-order valence-corrected chi connectivity index (χ3v) is 3.82. The van der Waals surface area contributed by atoms with Gasteiger partial charge in [-0.25, -0.2) is 4.68 Å². The van der Waals surface area contributed by atoms with Crippen LogP contribution in [0.1, 0.15) is 30.4 Å². The maximum atomic E-state index is 12.1. The molecule has 0 amide bonds. The molecule has 0 aliphatic heterocycles. The van der Waals surface area contributed by atoms with Crippen LogP contribution in [0.5, 0.6) is 0 Å². The van der Waals surface area contributed by atoms with Crippen LogP contribution in [0.3, 0.4) is 0 Å². The number of hydrogen-bond donors (Lipinski definition) is 1. The van der Waals surface area contributed by atoms with Gasteiger partial charge in [-0.15, -0.1) is 0 Å². The smallest absolute Gasteiger partial charge is 0.283 e. The molecular formula is C13H17BrN4O2. The van der Waals surface area contributed by atoms with Gasteiger partial charge in [0.15, 0.2) is 0 Å². The van der Waals surface area contributed by atoms with Crippen molar-refractivity contribution in [1.29, 1.82) is 0 Å². The summed E-state index contributed by atoms with van der Waals surface area (Å²) in [7, 11) is 0. The Bertz CT molecular complexity index is 643. The summed E-state index contributed by atoms with van der Waals surface area (Å²) in [5.41, 5.74) is 2.38. The molecule has 0 saturated carbocycles. The third kappa shape index (κ3) is 2.92. The highest BCUT2D eigenvalue weighted by molar-refractivity contribution is 9.10. The zero-order valence-electron chi connectivity index (χ0n) is 11.7. The second kappa shape index (κ2) is 6.21. The van der Waals surface area contributed by atoms with Gasteiger partial charge in [0, 0.05) is 18.7 Å². The molecule has 108 valence electrons. The lowest BCUT2D eigenvalue weighted by Gasteiger charge is -2.09. The summed E-state index contributed by atoms with van der Waals surface area (Å²) >= 11 is 3.33. The first-order valence-electron chi connectivity index (χ1n) is 6.45. The molecule has 0 radical (unpaired) electrons. The van der Waals surface area contributed by atoms with Crippen molar-refractivity contribution in [2.45, 2.75) is 40.3 Å². The van der Waals surface area contributed by atoms with Gasteiger partial charge in [-0.05, 0) is 36.2 Å². The molecule has 0 bridgehead atoms. The van der Waals surface area contributed by atoms with E-state index in [2.05, 4.69) is 31.5 Å². The van der Waals surface area contributed by atoms with Gasteiger partial charge < -0.3 is 9.84 Å². The normalized spacial score (nSPS) is 10.8. The first kappa shape index (κ1) is 14.8. The van der Waals surface area contributed by atoms with Crippen LogP contribution in [0.2, 0.25) is 0 Å².